The van der Waals surface area contributed by atoms with Gasteiger partial charge in [-0.3, -0.25) is 0 Å². The maximum absolute atomic E-state index is 12.1. The van der Waals surface area contributed by atoms with Gasteiger partial charge < -0.3 is 10.6 Å². The van der Waals surface area contributed by atoms with Crippen LogP contribution < -0.4 is 10.6 Å². The Morgan fingerprint density at radius 1 is 1.39 bits per heavy atom. The summed E-state index contributed by atoms with van der Waals surface area (Å²) in [5.41, 5.74) is 1.63. The zero-order chi connectivity index (χ0) is 13.0. The third kappa shape index (κ3) is 2.30. The van der Waals surface area contributed by atoms with Gasteiger partial charge in [-0.05, 0) is 18.6 Å². The van der Waals surface area contributed by atoms with E-state index in [0.29, 0.717) is 12.5 Å². The molecule has 1 aromatic carbocycles. The topological polar surface area (TPSA) is 59.0 Å². The van der Waals surface area contributed by atoms with Gasteiger partial charge in [-0.15, -0.1) is 0 Å². The predicted molar refractivity (Wildman–Crippen MR) is 73.0 cm³/mol. The second-order valence-corrected chi connectivity index (χ2v) is 4.10. The van der Waals surface area contributed by atoms with E-state index < -0.39 is 0 Å². The van der Waals surface area contributed by atoms with Crippen LogP contribution in [0.25, 0.3) is 11.0 Å². The average molecular weight is 246 g/mol. The van der Waals surface area contributed by atoms with Crippen molar-refractivity contribution in [3.8, 4) is 0 Å². The van der Waals surface area contributed by atoms with E-state index in [1.54, 1.807) is 11.6 Å². The molecule has 2 N–H and O–H groups in total. The molecule has 0 bridgehead atoms. The summed E-state index contributed by atoms with van der Waals surface area (Å²) in [7, 11) is 1.76. The molecule has 1 aromatic heterocycles. The summed E-state index contributed by atoms with van der Waals surface area (Å²) < 4.78 is 1.57. The molecule has 0 fully saturated rings. The van der Waals surface area contributed by atoms with Gasteiger partial charge in [0.25, 0.3) is 0 Å². The largest absolute Gasteiger partial charge is 0.358 e. The number of carbonyl (C=O) groups is 1. The molecule has 0 aliphatic carbocycles. The molecule has 0 unspecified atom stereocenters. The van der Waals surface area contributed by atoms with Crippen LogP contribution >= 0.6 is 0 Å². The van der Waals surface area contributed by atoms with Crippen LogP contribution in [0, 0.1) is 0 Å². The van der Waals surface area contributed by atoms with E-state index in [1.807, 2.05) is 24.3 Å². The first kappa shape index (κ1) is 12.4. The first-order valence-electron chi connectivity index (χ1n) is 6.21. The molecule has 0 saturated heterocycles. The van der Waals surface area contributed by atoms with Crippen molar-refractivity contribution in [3.63, 3.8) is 0 Å². The van der Waals surface area contributed by atoms with E-state index in [-0.39, 0.29) is 6.03 Å². The molecule has 2 aromatic rings. The molecule has 0 radical (unpaired) electrons. The second-order valence-electron chi connectivity index (χ2n) is 4.10. The lowest BCUT2D eigenvalue weighted by Crippen LogP contribution is -2.30. The number of unbranched alkanes of at least 4 members (excludes halogenated alkanes) is 1. The van der Waals surface area contributed by atoms with E-state index in [9.17, 15) is 4.79 Å². The highest BCUT2D eigenvalue weighted by Gasteiger charge is 2.14. The lowest BCUT2D eigenvalue weighted by molar-refractivity contribution is 0.243. The quantitative estimate of drug-likeness (QED) is 0.815. The zero-order valence-corrected chi connectivity index (χ0v) is 10.7. The number of hydrogen-bond acceptors (Lipinski definition) is 3. The molecule has 0 aliphatic rings. The molecule has 0 atom stereocenters. The van der Waals surface area contributed by atoms with Gasteiger partial charge >= 0.3 is 6.03 Å². The Labute approximate surface area is 106 Å². The summed E-state index contributed by atoms with van der Waals surface area (Å²) in [6.45, 7) is 2.78. The number of nitrogens with zero attached hydrogens (tertiary/aromatic N) is 2. The fourth-order valence-electron chi connectivity index (χ4n) is 1.85. The number of rotatable bonds is 4. The predicted octanol–water partition coefficient (Wildman–Crippen LogP) is 2.44. The van der Waals surface area contributed by atoms with Gasteiger partial charge in [-0.2, -0.15) is 0 Å². The molecule has 96 valence electrons. The lowest BCUT2D eigenvalue weighted by Gasteiger charge is -2.08. The number of carbonyl (C=O) groups excluding carboxylic acids is 1. The summed E-state index contributed by atoms with van der Waals surface area (Å²) in [5, 5.41) is 5.84. The van der Waals surface area contributed by atoms with E-state index >= 15 is 0 Å². The molecule has 5 nitrogen and oxygen atoms in total. The maximum Gasteiger partial charge on any atom is 0.328 e. The van der Waals surface area contributed by atoms with Crippen LogP contribution in [0.15, 0.2) is 24.3 Å². The number of aromatic nitrogens is 2. The van der Waals surface area contributed by atoms with Gasteiger partial charge in [0.05, 0.1) is 11.0 Å². The summed E-state index contributed by atoms with van der Waals surface area (Å²) in [6.07, 6.45) is 2.04. The van der Waals surface area contributed by atoms with Crippen molar-refractivity contribution in [3.05, 3.63) is 24.3 Å². The Balaban J connectivity index is 2.32. The van der Waals surface area contributed by atoms with E-state index in [2.05, 4.69) is 22.5 Å². The van der Waals surface area contributed by atoms with Crippen molar-refractivity contribution in [2.45, 2.75) is 19.8 Å². The Kier molecular flexibility index (Phi) is 3.82. The number of amides is 1. The summed E-state index contributed by atoms with van der Waals surface area (Å²) >= 11 is 0. The van der Waals surface area contributed by atoms with Crippen molar-refractivity contribution in [1.82, 2.24) is 14.9 Å². The third-order valence-corrected chi connectivity index (χ3v) is 2.79. The lowest BCUT2D eigenvalue weighted by atomic mass is 10.3. The highest BCUT2D eigenvalue weighted by Crippen LogP contribution is 2.18. The van der Waals surface area contributed by atoms with Gasteiger partial charge in [-0.25, -0.2) is 14.3 Å². The van der Waals surface area contributed by atoms with Gasteiger partial charge in [0.1, 0.15) is 0 Å². The highest BCUT2D eigenvalue weighted by molar-refractivity contribution is 5.92. The summed E-state index contributed by atoms with van der Waals surface area (Å²) in [4.78, 5) is 16.5. The molecule has 0 aliphatic heterocycles. The fourth-order valence-corrected chi connectivity index (χ4v) is 1.85. The molecule has 0 saturated carbocycles. The minimum atomic E-state index is -0.137. The molecular formula is C13H18N4O. The number of anilines is 1. The van der Waals surface area contributed by atoms with Crippen LogP contribution in [0.4, 0.5) is 10.7 Å². The van der Waals surface area contributed by atoms with Gasteiger partial charge in [0, 0.05) is 13.6 Å². The molecule has 5 heteroatoms. The highest BCUT2D eigenvalue weighted by atomic mass is 16.2. The first-order chi connectivity index (χ1) is 8.77. The van der Waals surface area contributed by atoms with Crippen molar-refractivity contribution in [2.75, 3.05) is 18.9 Å². The normalized spacial score (nSPS) is 10.6. The average Bonchev–Trinajstić information content (AvgIpc) is 2.77. The van der Waals surface area contributed by atoms with Crippen LogP contribution in [0.3, 0.4) is 0 Å². The van der Waals surface area contributed by atoms with E-state index in [1.165, 1.54) is 0 Å². The number of fused-ring (bicyclic) bond motifs is 1. The zero-order valence-electron chi connectivity index (χ0n) is 10.7. The van der Waals surface area contributed by atoms with Crippen molar-refractivity contribution in [1.29, 1.82) is 0 Å². The maximum atomic E-state index is 12.1. The van der Waals surface area contributed by atoms with Crippen molar-refractivity contribution in [2.24, 2.45) is 0 Å². The minimum Gasteiger partial charge on any atom is -0.358 e. The molecule has 1 heterocycles. The smallest absolute Gasteiger partial charge is 0.328 e. The van der Waals surface area contributed by atoms with Crippen LogP contribution in [0.1, 0.15) is 19.8 Å². The minimum absolute atomic E-state index is 0.137. The Morgan fingerprint density at radius 3 is 2.89 bits per heavy atom. The van der Waals surface area contributed by atoms with Crippen molar-refractivity contribution < 1.29 is 4.79 Å². The van der Waals surface area contributed by atoms with E-state index in [4.69, 9.17) is 0 Å². The molecule has 0 spiro atoms. The van der Waals surface area contributed by atoms with Crippen LogP contribution in [-0.4, -0.2) is 29.2 Å². The summed E-state index contributed by atoms with van der Waals surface area (Å²) in [6, 6.07) is 7.46. The standard InChI is InChI=1S/C13H18N4O/c1-3-4-9-15-13(18)17-11-8-6-5-7-10(11)16-12(17)14-2/h5-8H,3-4,9H2,1-2H3,(H,14,16)(H,15,18). The Bertz CT molecular complexity index is 547. The second kappa shape index (κ2) is 5.53. The molecular weight excluding hydrogens is 228 g/mol. The van der Waals surface area contributed by atoms with Crippen LogP contribution in [0.5, 0.6) is 0 Å². The van der Waals surface area contributed by atoms with Crippen molar-refractivity contribution >= 4 is 23.0 Å². The molecule has 1 amide bonds. The number of imidazole rings is 1. The summed E-state index contributed by atoms with van der Waals surface area (Å²) in [5.74, 6) is 0.560. The SMILES string of the molecule is CCCCNC(=O)n1c(NC)nc2ccccc21. The molecule has 2 rings (SSSR count). The number of nitrogens with one attached hydrogen (secondary N) is 2. The number of hydrogen-bond donors (Lipinski definition) is 2. The molecule has 18 heavy (non-hydrogen) atoms. The number of benzene rings is 1. The van der Waals surface area contributed by atoms with Gasteiger partial charge in [0.15, 0.2) is 0 Å². The van der Waals surface area contributed by atoms with Crippen LogP contribution in [-0.2, 0) is 0 Å². The number of para-hydroxylation sites is 2. The first-order valence-corrected chi connectivity index (χ1v) is 6.21. The fraction of sp³-hybridized carbons (Fsp3) is 0.385. The van der Waals surface area contributed by atoms with Crippen LogP contribution in [0.2, 0.25) is 0 Å². The third-order valence-electron chi connectivity index (χ3n) is 2.79. The van der Waals surface area contributed by atoms with Gasteiger partial charge in [0.2, 0.25) is 5.95 Å². The van der Waals surface area contributed by atoms with E-state index in [0.717, 1.165) is 23.9 Å². The Hall–Kier alpha value is -2.04. The monoisotopic (exact) mass is 246 g/mol. The van der Waals surface area contributed by atoms with Gasteiger partial charge in [-0.1, -0.05) is 25.5 Å². The Morgan fingerprint density at radius 2 is 2.17 bits per heavy atom.